The summed E-state index contributed by atoms with van der Waals surface area (Å²) in [5, 5.41) is 0. The number of nitrogens with one attached hydrogen (secondary N) is 1. The third-order valence-electron chi connectivity index (χ3n) is 2.14. The molecule has 6 nitrogen and oxygen atoms in total. The number of hydrogen-bond donors (Lipinski definition) is 2. The van der Waals surface area contributed by atoms with Crippen molar-refractivity contribution in [2.75, 3.05) is 0 Å². The van der Waals surface area contributed by atoms with Crippen LogP contribution in [0.2, 0.25) is 0 Å². The number of rotatable bonds is 3. The molecule has 0 radical (unpaired) electrons. The van der Waals surface area contributed by atoms with Gasteiger partial charge in [0.05, 0.1) is 4.90 Å². The molecule has 0 fully saturated rings. The molecule has 1 aromatic carbocycles. The highest BCUT2D eigenvalue weighted by Crippen LogP contribution is 2.23. The van der Waals surface area contributed by atoms with Gasteiger partial charge in [0.25, 0.3) is 10.0 Å². The molecule has 0 spiro atoms. The molecule has 0 aliphatic carbocycles. The molecule has 2 aromatic rings. The molecule has 88 valence electrons. The zero-order valence-corrected chi connectivity index (χ0v) is 9.55. The van der Waals surface area contributed by atoms with Crippen molar-refractivity contribution >= 4 is 10.0 Å². The SMILES string of the molecule is NNS(=O)(=O)c1ccccc1-c1ncccn1. The lowest BCUT2D eigenvalue weighted by molar-refractivity contribution is 0.584. The molecule has 2 rings (SSSR count). The fourth-order valence-corrected chi connectivity index (χ4v) is 2.22. The van der Waals surface area contributed by atoms with E-state index in [1.165, 1.54) is 6.07 Å². The van der Waals surface area contributed by atoms with E-state index in [1.54, 1.807) is 41.5 Å². The second-order valence-corrected chi connectivity index (χ2v) is 4.87. The van der Waals surface area contributed by atoms with E-state index in [2.05, 4.69) is 9.97 Å². The highest BCUT2D eigenvalue weighted by atomic mass is 32.2. The van der Waals surface area contributed by atoms with Crippen LogP contribution in [0, 0.1) is 0 Å². The first-order chi connectivity index (χ1) is 8.15. The lowest BCUT2D eigenvalue weighted by Gasteiger charge is -2.07. The molecule has 0 aliphatic rings. The average Bonchev–Trinajstić information content (AvgIpc) is 2.40. The maximum atomic E-state index is 11.7. The van der Waals surface area contributed by atoms with Crippen LogP contribution in [0.5, 0.6) is 0 Å². The Morgan fingerprint density at radius 3 is 2.35 bits per heavy atom. The number of sulfonamides is 1. The standard InChI is InChI=1S/C10H10N4O2S/c11-14-17(15,16)9-5-2-1-4-8(9)10-12-6-3-7-13-10/h1-7,14H,11H2. The van der Waals surface area contributed by atoms with E-state index in [0.29, 0.717) is 11.4 Å². The number of hydrazine groups is 1. The second kappa shape index (κ2) is 4.58. The number of benzene rings is 1. The number of nitrogens with two attached hydrogens (primary N) is 1. The van der Waals surface area contributed by atoms with Crippen LogP contribution in [0.15, 0.2) is 47.6 Å². The summed E-state index contributed by atoms with van der Waals surface area (Å²) in [5.74, 6) is 5.34. The molecule has 7 heteroatoms. The topological polar surface area (TPSA) is 98.0 Å². The largest absolute Gasteiger partial charge is 0.257 e. The highest BCUT2D eigenvalue weighted by Gasteiger charge is 2.18. The van der Waals surface area contributed by atoms with Gasteiger partial charge in [-0.05, 0) is 18.2 Å². The third kappa shape index (κ3) is 2.31. The quantitative estimate of drug-likeness (QED) is 0.603. The van der Waals surface area contributed by atoms with Crippen LogP contribution in [0.25, 0.3) is 11.4 Å². The Morgan fingerprint density at radius 2 is 1.71 bits per heavy atom. The fourth-order valence-electron chi connectivity index (χ4n) is 1.39. The molecule has 1 heterocycles. The summed E-state index contributed by atoms with van der Waals surface area (Å²) in [6.07, 6.45) is 3.09. The van der Waals surface area contributed by atoms with E-state index in [9.17, 15) is 8.42 Å². The van der Waals surface area contributed by atoms with Crippen molar-refractivity contribution in [3.63, 3.8) is 0 Å². The lowest BCUT2D eigenvalue weighted by Crippen LogP contribution is -2.30. The van der Waals surface area contributed by atoms with E-state index in [4.69, 9.17) is 5.84 Å². The summed E-state index contributed by atoms with van der Waals surface area (Å²) in [5.41, 5.74) is 0.408. The molecule has 0 unspecified atom stereocenters. The van der Waals surface area contributed by atoms with Crippen LogP contribution in [0.3, 0.4) is 0 Å². The first-order valence-electron chi connectivity index (χ1n) is 4.74. The van der Waals surface area contributed by atoms with E-state index in [0.717, 1.165) is 0 Å². The maximum Gasteiger partial charge on any atom is 0.253 e. The monoisotopic (exact) mass is 250 g/mol. The van der Waals surface area contributed by atoms with Gasteiger partial charge in [-0.1, -0.05) is 12.1 Å². The Labute approximate surface area is 98.5 Å². The summed E-state index contributed by atoms with van der Waals surface area (Å²) >= 11 is 0. The van der Waals surface area contributed by atoms with E-state index < -0.39 is 10.0 Å². The predicted octanol–water partition coefficient (Wildman–Crippen LogP) is 0.296. The number of hydrogen-bond acceptors (Lipinski definition) is 5. The van der Waals surface area contributed by atoms with Gasteiger partial charge in [0.2, 0.25) is 0 Å². The van der Waals surface area contributed by atoms with Crippen molar-refractivity contribution in [1.29, 1.82) is 0 Å². The van der Waals surface area contributed by atoms with Gasteiger partial charge in [-0.15, -0.1) is 0 Å². The average molecular weight is 250 g/mol. The fraction of sp³-hybridized carbons (Fsp3) is 0. The first-order valence-corrected chi connectivity index (χ1v) is 6.22. The van der Waals surface area contributed by atoms with Gasteiger partial charge in [-0.25, -0.2) is 18.4 Å². The molecule has 3 N–H and O–H groups in total. The highest BCUT2D eigenvalue weighted by molar-refractivity contribution is 7.89. The predicted molar refractivity (Wildman–Crippen MR) is 62.0 cm³/mol. The Kier molecular flexibility index (Phi) is 3.14. The van der Waals surface area contributed by atoms with Gasteiger partial charge in [-0.3, -0.25) is 5.84 Å². The molecule has 17 heavy (non-hydrogen) atoms. The van der Waals surface area contributed by atoms with Crippen molar-refractivity contribution in [3.8, 4) is 11.4 Å². The molecule has 0 atom stereocenters. The molecular formula is C10H10N4O2S. The molecule has 0 amide bonds. The molecular weight excluding hydrogens is 240 g/mol. The van der Waals surface area contributed by atoms with Crippen molar-refractivity contribution in [3.05, 3.63) is 42.7 Å². The van der Waals surface area contributed by atoms with Gasteiger partial charge < -0.3 is 0 Å². The van der Waals surface area contributed by atoms with Crippen LogP contribution >= 0.6 is 0 Å². The minimum atomic E-state index is -3.73. The summed E-state index contributed by atoms with van der Waals surface area (Å²) in [6, 6.07) is 8.04. The Bertz CT molecular complexity index is 613. The minimum absolute atomic E-state index is 0.0497. The van der Waals surface area contributed by atoms with Crippen LogP contribution in [0.1, 0.15) is 0 Å². The van der Waals surface area contributed by atoms with Crippen LogP contribution < -0.4 is 10.7 Å². The van der Waals surface area contributed by atoms with Gasteiger partial charge in [0, 0.05) is 18.0 Å². The second-order valence-electron chi connectivity index (χ2n) is 3.19. The van der Waals surface area contributed by atoms with Crippen molar-refractivity contribution in [2.24, 2.45) is 5.84 Å². The number of nitrogens with zero attached hydrogens (tertiary/aromatic N) is 2. The summed E-state index contributed by atoms with van der Waals surface area (Å²) in [6.45, 7) is 0. The smallest absolute Gasteiger partial charge is 0.253 e. The van der Waals surface area contributed by atoms with Gasteiger partial charge in [0.1, 0.15) is 0 Å². The molecule has 0 bridgehead atoms. The summed E-state index contributed by atoms with van der Waals surface area (Å²) in [4.78, 5) is 9.86. The summed E-state index contributed by atoms with van der Waals surface area (Å²) < 4.78 is 23.4. The van der Waals surface area contributed by atoms with E-state index in [-0.39, 0.29) is 4.90 Å². The maximum absolute atomic E-state index is 11.7. The Hall–Kier alpha value is -1.83. The van der Waals surface area contributed by atoms with E-state index in [1.807, 2.05) is 0 Å². The lowest BCUT2D eigenvalue weighted by atomic mass is 10.2. The zero-order chi connectivity index (χ0) is 12.3. The van der Waals surface area contributed by atoms with Crippen LogP contribution in [-0.4, -0.2) is 18.4 Å². The van der Waals surface area contributed by atoms with Crippen molar-refractivity contribution < 1.29 is 8.42 Å². The Morgan fingerprint density at radius 1 is 1.06 bits per heavy atom. The first kappa shape index (κ1) is 11.6. The normalized spacial score (nSPS) is 11.4. The van der Waals surface area contributed by atoms with Crippen LogP contribution in [-0.2, 0) is 10.0 Å². The zero-order valence-electron chi connectivity index (χ0n) is 8.74. The molecule has 0 saturated carbocycles. The van der Waals surface area contributed by atoms with Gasteiger partial charge in [0.15, 0.2) is 5.82 Å². The van der Waals surface area contributed by atoms with Gasteiger partial charge in [-0.2, -0.15) is 4.83 Å². The summed E-state index contributed by atoms with van der Waals surface area (Å²) in [7, 11) is -3.73. The molecule has 0 saturated heterocycles. The number of aromatic nitrogens is 2. The minimum Gasteiger partial charge on any atom is -0.257 e. The van der Waals surface area contributed by atoms with Gasteiger partial charge >= 0.3 is 0 Å². The molecule has 1 aromatic heterocycles. The molecule has 0 aliphatic heterocycles. The third-order valence-corrected chi connectivity index (χ3v) is 3.38. The Balaban J connectivity index is 2.65. The van der Waals surface area contributed by atoms with E-state index >= 15 is 0 Å². The van der Waals surface area contributed by atoms with Crippen molar-refractivity contribution in [1.82, 2.24) is 14.8 Å². The van der Waals surface area contributed by atoms with Crippen LogP contribution in [0.4, 0.5) is 0 Å². The van der Waals surface area contributed by atoms with Crippen molar-refractivity contribution in [2.45, 2.75) is 4.90 Å².